The molecular weight excluding hydrogens is 286 g/mol. The first kappa shape index (κ1) is 17.8. The van der Waals surface area contributed by atoms with Crippen molar-refractivity contribution in [1.82, 2.24) is 0 Å². The minimum absolute atomic E-state index is 0.0969. The maximum atomic E-state index is 10.9. The van der Waals surface area contributed by atoms with Gasteiger partial charge in [0, 0.05) is 24.8 Å². The van der Waals surface area contributed by atoms with Gasteiger partial charge < -0.3 is 10.0 Å². The summed E-state index contributed by atoms with van der Waals surface area (Å²) in [6, 6.07) is 5.47. The van der Waals surface area contributed by atoms with Crippen molar-refractivity contribution in [3.63, 3.8) is 0 Å². The topological polar surface area (TPSA) is 40.5 Å². The summed E-state index contributed by atoms with van der Waals surface area (Å²) in [6.45, 7) is 4.35. The molecule has 0 spiro atoms. The van der Waals surface area contributed by atoms with Gasteiger partial charge in [0.2, 0.25) is 0 Å². The van der Waals surface area contributed by atoms with Crippen molar-refractivity contribution < 1.29 is 9.90 Å². The third-order valence-electron chi connectivity index (χ3n) is 4.99. The van der Waals surface area contributed by atoms with E-state index in [9.17, 15) is 9.90 Å². The lowest BCUT2D eigenvalue weighted by molar-refractivity contribution is 0.112. The number of phenolic OH excluding ortho intramolecular Hbond substituents is 1. The molecule has 0 heterocycles. The van der Waals surface area contributed by atoms with E-state index >= 15 is 0 Å². The number of nitrogens with zero attached hydrogens (tertiary/aromatic N) is 1. The number of phenols is 1. The molecule has 1 fully saturated rings. The molecular formula is C20H31NO2. The summed E-state index contributed by atoms with van der Waals surface area (Å²) < 4.78 is 0. The van der Waals surface area contributed by atoms with Crippen molar-refractivity contribution in [3.8, 4) is 5.75 Å². The van der Waals surface area contributed by atoms with Gasteiger partial charge in [-0.05, 0) is 37.3 Å². The Morgan fingerprint density at radius 2 is 1.96 bits per heavy atom. The summed E-state index contributed by atoms with van der Waals surface area (Å²) >= 11 is 0. The lowest BCUT2D eigenvalue weighted by Crippen LogP contribution is -2.31. The van der Waals surface area contributed by atoms with Crippen LogP contribution in [0, 0.1) is 5.92 Å². The summed E-state index contributed by atoms with van der Waals surface area (Å²) in [5.74, 6) is 0.863. The van der Waals surface area contributed by atoms with E-state index in [1.54, 1.807) is 12.1 Å². The molecule has 0 aromatic heterocycles. The number of aromatic hydroxyl groups is 1. The molecule has 1 N–H and O–H groups in total. The number of hydrogen-bond acceptors (Lipinski definition) is 3. The van der Waals surface area contributed by atoms with Crippen LogP contribution in [-0.4, -0.2) is 24.5 Å². The molecule has 128 valence electrons. The van der Waals surface area contributed by atoms with Crippen LogP contribution >= 0.6 is 0 Å². The molecule has 0 saturated heterocycles. The molecule has 0 amide bonds. The Morgan fingerprint density at radius 1 is 1.17 bits per heavy atom. The number of aldehydes is 1. The second kappa shape index (κ2) is 9.59. The van der Waals surface area contributed by atoms with Crippen molar-refractivity contribution in [2.75, 3.05) is 18.0 Å². The van der Waals surface area contributed by atoms with Gasteiger partial charge in [0.1, 0.15) is 5.75 Å². The molecule has 0 bridgehead atoms. The second-order valence-corrected chi connectivity index (χ2v) is 6.87. The average Bonchev–Trinajstić information content (AvgIpc) is 2.58. The van der Waals surface area contributed by atoms with E-state index in [-0.39, 0.29) is 5.75 Å². The van der Waals surface area contributed by atoms with Gasteiger partial charge in [-0.1, -0.05) is 45.4 Å². The van der Waals surface area contributed by atoms with Crippen LogP contribution < -0.4 is 4.90 Å². The number of benzene rings is 1. The van der Waals surface area contributed by atoms with Gasteiger partial charge >= 0.3 is 0 Å². The van der Waals surface area contributed by atoms with Gasteiger partial charge in [-0.3, -0.25) is 4.79 Å². The minimum atomic E-state index is 0.0969. The Bertz CT molecular complexity index is 481. The van der Waals surface area contributed by atoms with E-state index in [4.69, 9.17) is 0 Å². The first-order chi connectivity index (χ1) is 11.2. The fourth-order valence-corrected chi connectivity index (χ4v) is 3.57. The van der Waals surface area contributed by atoms with Crippen molar-refractivity contribution in [2.24, 2.45) is 5.92 Å². The zero-order valence-electron chi connectivity index (χ0n) is 14.5. The van der Waals surface area contributed by atoms with E-state index in [0.717, 1.165) is 24.7 Å². The van der Waals surface area contributed by atoms with E-state index in [2.05, 4.69) is 11.8 Å². The highest BCUT2D eigenvalue weighted by atomic mass is 16.3. The lowest BCUT2D eigenvalue weighted by Gasteiger charge is -2.31. The van der Waals surface area contributed by atoms with Gasteiger partial charge in [-0.25, -0.2) is 0 Å². The molecule has 2 rings (SSSR count). The van der Waals surface area contributed by atoms with Crippen LogP contribution in [0.2, 0.25) is 0 Å². The highest BCUT2D eigenvalue weighted by Gasteiger charge is 2.18. The molecule has 1 aromatic carbocycles. The van der Waals surface area contributed by atoms with Crippen molar-refractivity contribution in [2.45, 2.75) is 64.7 Å². The summed E-state index contributed by atoms with van der Waals surface area (Å²) in [5.41, 5.74) is 1.42. The highest BCUT2D eigenvalue weighted by Crippen LogP contribution is 2.29. The van der Waals surface area contributed by atoms with Crippen LogP contribution in [0.4, 0.5) is 5.69 Å². The zero-order valence-corrected chi connectivity index (χ0v) is 14.5. The zero-order chi connectivity index (χ0) is 16.5. The van der Waals surface area contributed by atoms with Crippen molar-refractivity contribution in [3.05, 3.63) is 23.8 Å². The maximum absolute atomic E-state index is 10.9. The summed E-state index contributed by atoms with van der Waals surface area (Å²) in [5, 5.41) is 10.00. The van der Waals surface area contributed by atoms with Gasteiger partial charge in [-0.2, -0.15) is 0 Å². The fraction of sp³-hybridized carbons (Fsp3) is 0.650. The van der Waals surface area contributed by atoms with Crippen LogP contribution in [0.3, 0.4) is 0 Å². The molecule has 0 unspecified atom stereocenters. The largest absolute Gasteiger partial charge is 0.507 e. The van der Waals surface area contributed by atoms with E-state index < -0.39 is 0 Å². The molecule has 1 aliphatic carbocycles. The predicted molar refractivity (Wildman–Crippen MR) is 96.4 cm³/mol. The predicted octanol–water partition coefficient (Wildman–Crippen LogP) is 5.17. The van der Waals surface area contributed by atoms with Crippen LogP contribution in [0.5, 0.6) is 5.75 Å². The fourth-order valence-electron chi connectivity index (χ4n) is 3.57. The molecule has 23 heavy (non-hydrogen) atoms. The summed E-state index contributed by atoms with van der Waals surface area (Å²) in [7, 11) is 0. The second-order valence-electron chi connectivity index (χ2n) is 6.87. The molecule has 0 radical (unpaired) electrons. The number of carbonyl (C=O) groups excluding carboxylic acids is 1. The molecule has 1 aliphatic rings. The van der Waals surface area contributed by atoms with Gasteiger partial charge in [0.15, 0.2) is 6.29 Å². The van der Waals surface area contributed by atoms with Crippen molar-refractivity contribution in [1.29, 1.82) is 0 Å². The Balaban J connectivity index is 2.04. The third-order valence-corrected chi connectivity index (χ3v) is 4.99. The Kier molecular flexibility index (Phi) is 7.44. The number of carbonyl (C=O) groups is 1. The maximum Gasteiger partial charge on any atom is 0.153 e. The van der Waals surface area contributed by atoms with E-state index in [1.807, 2.05) is 6.07 Å². The van der Waals surface area contributed by atoms with Crippen LogP contribution in [0.25, 0.3) is 0 Å². The minimum Gasteiger partial charge on any atom is -0.507 e. The number of hydrogen-bond donors (Lipinski definition) is 1. The number of unbranched alkanes of at least 4 members (excludes halogenated alkanes) is 3. The SMILES string of the molecule is CCCCCCN(CC1CCCCC1)c1ccc(C=O)c(O)c1. The molecule has 3 heteroatoms. The van der Waals surface area contributed by atoms with Gasteiger partial charge in [-0.15, -0.1) is 0 Å². The quantitative estimate of drug-likeness (QED) is 0.504. The first-order valence-electron chi connectivity index (χ1n) is 9.27. The van der Waals surface area contributed by atoms with Crippen LogP contribution in [0.1, 0.15) is 75.1 Å². The summed E-state index contributed by atoms with van der Waals surface area (Å²) in [4.78, 5) is 13.3. The Hall–Kier alpha value is -1.51. The average molecular weight is 317 g/mol. The van der Waals surface area contributed by atoms with Gasteiger partial charge in [0.25, 0.3) is 0 Å². The molecule has 1 saturated carbocycles. The lowest BCUT2D eigenvalue weighted by atomic mass is 9.88. The van der Waals surface area contributed by atoms with Crippen molar-refractivity contribution >= 4 is 12.0 Å². The monoisotopic (exact) mass is 317 g/mol. The molecule has 3 nitrogen and oxygen atoms in total. The van der Waals surface area contributed by atoms with Crippen LogP contribution in [0.15, 0.2) is 18.2 Å². The highest BCUT2D eigenvalue weighted by molar-refractivity contribution is 5.80. The molecule has 1 aromatic rings. The Labute approximate surface area is 140 Å². The summed E-state index contributed by atoms with van der Waals surface area (Å²) in [6.07, 6.45) is 12.4. The third kappa shape index (κ3) is 5.56. The molecule has 0 atom stereocenters. The number of anilines is 1. The number of rotatable bonds is 9. The normalized spacial score (nSPS) is 15.5. The van der Waals surface area contributed by atoms with Crippen LogP contribution in [-0.2, 0) is 0 Å². The van der Waals surface area contributed by atoms with E-state index in [0.29, 0.717) is 11.8 Å². The standard InChI is InChI=1S/C20H31NO2/c1-2-3-4-8-13-21(15-17-9-6-5-7-10-17)19-12-11-18(16-22)20(23)14-19/h11-12,14,16-17,23H,2-10,13,15H2,1H3. The smallest absolute Gasteiger partial charge is 0.153 e. The first-order valence-corrected chi connectivity index (χ1v) is 9.27. The molecule has 0 aliphatic heterocycles. The van der Waals surface area contributed by atoms with E-state index in [1.165, 1.54) is 57.8 Å². The Morgan fingerprint density at radius 3 is 2.61 bits per heavy atom. The van der Waals surface area contributed by atoms with Gasteiger partial charge in [0.05, 0.1) is 5.56 Å².